The number of halogens is 1. The molecule has 4 nitrogen and oxygen atoms in total. The Balaban J connectivity index is 2.10. The van der Waals surface area contributed by atoms with Gasteiger partial charge in [-0.15, -0.1) is 0 Å². The van der Waals surface area contributed by atoms with E-state index in [1.807, 2.05) is 6.07 Å². The number of likely N-dealkylation sites (tertiary alicyclic amines) is 1. The third kappa shape index (κ3) is 3.18. The van der Waals surface area contributed by atoms with E-state index in [2.05, 4.69) is 0 Å². The molecule has 100 valence electrons. The summed E-state index contributed by atoms with van der Waals surface area (Å²) in [5.74, 6) is 0.316. The number of ether oxygens (including phenoxy) is 1. The Bertz CT molecular complexity index is 519. The first-order valence-corrected chi connectivity index (χ1v) is 6.64. The number of carbonyl (C=O) groups excluding carboxylic acids is 1. The van der Waals surface area contributed by atoms with Gasteiger partial charge >= 0.3 is 0 Å². The molecule has 0 bridgehead atoms. The van der Waals surface area contributed by atoms with Crippen molar-refractivity contribution in [3.8, 4) is 11.8 Å². The van der Waals surface area contributed by atoms with Gasteiger partial charge in [0.05, 0.1) is 5.56 Å². The van der Waals surface area contributed by atoms with Crippen molar-refractivity contribution in [1.29, 1.82) is 5.26 Å². The SMILES string of the molecule is CC(Oc1cc(Cl)ccc1C#N)C(=O)N1CCCC1. The summed E-state index contributed by atoms with van der Waals surface area (Å²) in [6.07, 6.45) is 1.47. The van der Waals surface area contributed by atoms with Crippen LogP contribution in [0.1, 0.15) is 25.3 Å². The van der Waals surface area contributed by atoms with Crippen molar-refractivity contribution in [2.45, 2.75) is 25.9 Å². The van der Waals surface area contributed by atoms with Gasteiger partial charge in [0.1, 0.15) is 11.8 Å². The Hall–Kier alpha value is -1.73. The normalized spacial score (nSPS) is 15.9. The van der Waals surface area contributed by atoms with Crippen LogP contribution in [-0.2, 0) is 4.79 Å². The molecule has 1 heterocycles. The lowest BCUT2D eigenvalue weighted by Gasteiger charge is -2.21. The van der Waals surface area contributed by atoms with E-state index in [1.54, 1.807) is 30.0 Å². The minimum Gasteiger partial charge on any atom is -0.479 e. The maximum Gasteiger partial charge on any atom is 0.263 e. The second-order valence-electron chi connectivity index (χ2n) is 4.54. The first-order chi connectivity index (χ1) is 9.11. The van der Waals surface area contributed by atoms with Crippen LogP contribution in [0.4, 0.5) is 0 Å². The fraction of sp³-hybridized carbons (Fsp3) is 0.429. The van der Waals surface area contributed by atoms with Gasteiger partial charge in [-0.1, -0.05) is 11.6 Å². The third-order valence-corrected chi connectivity index (χ3v) is 3.37. The summed E-state index contributed by atoms with van der Waals surface area (Å²) in [5.41, 5.74) is 0.380. The molecule has 0 N–H and O–H groups in total. The molecule has 1 aromatic carbocycles. The fourth-order valence-electron chi connectivity index (χ4n) is 2.12. The molecule has 2 rings (SSSR count). The van der Waals surface area contributed by atoms with Crippen LogP contribution in [0.2, 0.25) is 5.02 Å². The van der Waals surface area contributed by atoms with Crippen LogP contribution in [0, 0.1) is 11.3 Å². The average molecular weight is 279 g/mol. The molecule has 19 heavy (non-hydrogen) atoms. The topological polar surface area (TPSA) is 53.3 Å². The molecule has 0 radical (unpaired) electrons. The summed E-state index contributed by atoms with van der Waals surface area (Å²) in [4.78, 5) is 13.9. The molecule has 5 heteroatoms. The van der Waals surface area contributed by atoms with Crippen molar-refractivity contribution in [3.05, 3.63) is 28.8 Å². The summed E-state index contributed by atoms with van der Waals surface area (Å²) in [6.45, 7) is 3.27. The second kappa shape index (κ2) is 5.94. The summed E-state index contributed by atoms with van der Waals surface area (Å²) in [7, 11) is 0. The predicted molar refractivity (Wildman–Crippen MR) is 72.1 cm³/mol. The summed E-state index contributed by atoms with van der Waals surface area (Å²) in [6, 6.07) is 6.80. The smallest absolute Gasteiger partial charge is 0.263 e. The lowest BCUT2D eigenvalue weighted by molar-refractivity contribution is -0.136. The fourth-order valence-corrected chi connectivity index (χ4v) is 2.28. The lowest BCUT2D eigenvalue weighted by Crippen LogP contribution is -2.38. The van der Waals surface area contributed by atoms with E-state index < -0.39 is 6.10 Å². The molecule has 0 aromatic heterocycles. The standard InChI is InChI=1S/C14H15ClN2O2/c1-10(14(18)17-6-2-3-7-17)19-13-8-12(15)5-4-11(13)9-16/h4-5,8,10H,2-3,6-7H2,1H3. The maximum atomic E-state index is 12.1. The molecule has 1 fully saturated rings. The van der Waals surface area contributed by atoms with E-state index >= 15 is 0 Å². The second-order valence-corrected chi connectivity index (χ2v) is 4.98. The largest absolute Gasteiger partial charge is 0.479 e. The van der Waals surface area contributed by atoms with E-state index in [1.165, 1.54) is 0 Å². The molecule has 1 amide bonds. The summed E-state index contributed by atoms with van der Waals surface area (Å²) >= 11 is 5.88. The first-order valence-electron chi connectivity index (χ1n) is 6.27. The number of amides is 1. The van der Waals surface area contributed by atoms with Gasteiger partial charge in [0.2, 0.25) is 0 Å². The zero-order chi connectivity index (χ0) is 13.8. The average Bonchev–Trinajstić information content (AvgIpc) is 2.92. The van der Waals surface area contributed by atoms with Gasteiger partial charge < -0.3 is 9.64 Å². The minimum absolute atomic E-state index is 0.0404. The van der Waals surface area contributed by atoms with Crippen LogP contribution in [0.25, 0.3) is 0 Å². The number of hydrogen-bond acceptors (Lipinski definition) is 3. The third-order valence-electron chi connectivity index (χ3n) is 3.13. The number of rotatable bonds is 3. The number of nitriles is 1. The number of benzene rings is 1. The van der Waals surface area contributed by atoms with E-state index in [0.29, 0.717) is 16.3 Å². The lowest BCUT2D eigenvalue weighted by atomic mass is 10.2. The molecule has 1 saturated heterocycles. The zero-order valence-electron chi connectivity index (χ0n) is 10.7. The molecule has 0 aliphatic carbocycles. The maximum absolute atomic E-state index is 12.1. The Morgan fingerprint density at radius 2 is 2.16 bits per heavy atom. The van der Waals surface area contributed by atoms with E-state index in [0.717, 1.165) is 25.9 Å². The molecule has 0 spiro atoms. The van der Waals surface area contributed by atoms with Gasteiger partial charge in [-0.2, -0.15) is 5.26 Å². The Kier molecular flexibility index (Phi) is 4.28. The highest BCUT2D eigenvalue weighted by molar-refractivity contribution is 6.30. The van der Waals surface area contributed by atoms with Crippen LogP contribution in [0.5, 0.6) is 5.75 Å². The number of hydrogen-bond donors (Lipinski definition) is 0. The van der Waals surface area contributed by atoms with Crippen molar-refractivity contribution in [3.63, 3.8) is 0 Å². The minimum atomic E-state index is -0.608. The van der Waals surface area contributed by atoms with Gasteiger partial charge in [-0.25, -0.2) is 0 Å². The van der Waals surface area contributed by atoms with Crippen molar-refractivity contribution >= 4 is 17.5 Å². The quantitative estimate of drug-likeness (QED) is 0.854. The van der Waals surface area contributed by atoms with Crippen LogP contribution >= 0.6 is 11.6 Å². The highest BCUT2D eigenvalue weighted by Gasteiger charge is 2.25. The van der Waals surface area contributed by atoms with Gasteiger partial charge in [-0.05, 0) is 31.9 Å². The number of nitrogens with zero attached hydrogens (tertiary/aromatic N) is 2. The van der Waals surface area contributed by atoms with E-state index in [9.17, 15) is 4.79 Å². The Labute approximate surface area is 117 Å². The Morgan fingerprint density at radius 1 is 1.47 bits per heavy atom. The van der Waals surface area contributed by atoms with Crippen LogP contribution in [0.3, 0.4) is 0 Å². The van der Waals surface area contributed by atoms with Crippen LogP contribution in [0.15, 0.2) is 18.2 Å². The number of carbonyl (C=O) groups is 1. The van der Waals surface area contributed by atoms with E-state index in [-0.39, 0.29) is 5.91 Å². The Morgan fingerprint density at radius 3 is 2.79 bits per heavy atom. The molecule has 1 aliphatic heterocycles. The van der Waals surface area contributed by atoms with Gasteiger partial charge in [0, 0.05) is 24.2 Å². The summed E-state index contributed by atoms with van der Waals surface area (Å²) in [5, 5.41) is 9.49. The van der Waals surface area contributed by atoms with Crippen LogP contribution < -0.4 is 4.74 Å². The molecule has 1 atom stereocenters. The first kappa shape index (κ1) is 13.7. The molecular formula is C14H15ClN2O2. The molecule has 1 aliphatic rings. The highest BCUT2D eigenvalue weighted by Crippen LogP contribution is 2.24. The van der Waals surface area contributed by atoms with Crippen LogP contribution in [-0.4, -0.2) is 30.0 Å². The molecule has 0 saturated carbocycles. The molecule has 1 aromatic rings. The van der Waals surface area contributed by atoms with Gasteiger partial charge in [-0.3, -0.25) is 4.79 Å². The van der Waals surface area contributed by atoms with E-state index in [4.69, 9.17) is 21.6 Å². The van der Waals surface area contributed by atoms with Gasteiger partial charge in [0.25, 0.3) is 5.91 Å². The van der Waals surface area contributed by atoms with Gasteiger partial charge in [0.15, 0.2) is 6.10 Å². The van der Waals surface area contributed by atoms with Crippen molar-refractivity contribution in [2.24, 2.45) is 0 Å². The van der Waals surface area contributed by atoms with Crippen molar-refractivity contribution < 1.29 is 9.53 Å². The van der Waals surface area contributed by atoms with Crippen molar-refractivity contribution in [1.82, 2.24) is 4.90 Å². The predicted octanol–water partition coefficient (Wildman–Crippen LogP) is 2.60. The highest BCUT2D eigenvalue weighted by atomic mass is 35.5. The molecular weight excluding hydrogens is 264 g/mol. The molecule has 1 unspecified atom stereocenters. The zero-order valence-corrected chi connectivity index (χ0v) is 11.5. The monoisotopic (exact) mass is 278 g/mol. The van der Waals surface area contributed by atoms with Crippen molar-refractivity contribution in [2.75, 3.05) is 13.1 Å². The summed E-state index contributed by atoms with van der Waals surface area (Å²) < 4.78 is 5.59.